The van der Waals surface area contributed by atoms with Crippen molar-refractivity contribution in [1.29, 1.82) is 0 Å². The van der Waals surface area contributed by atoms with Crippen LogP contribution in [0.3, 0.4) is 0 Å². The highest BCUT2D eigenvalue weighted by Gasteiger charge is 2.09. The summed E-state index contributed by atoms with van der Waals surface area (Å²) in [5, 5.41) is 0.614. The van der Waals surface area contributed by atoms with Crippen molar-refractivity contribution in [1.82, 2.24) is 19.5 Å². The Morgan fingerprint density at radius 2 is 2.00 bits per heavy atom. The van der Waals surface area contributed by atoms with Crippen molar-refractivity contribution in [2.75, 3.05) is 11.5 Å². The van der Waals surface area contributed by atoms with Gasteiger partial charge in [0.2, 0.25) is 0 Å². The summed E-state index contributed by atoms with van der Waals surface area (Å²) >= 11 is 5.88. The molecule has 0 unspecified atom stereocenters. The van der Waals surface area contributed by atoms with Crippen LogP contribution in [0.1, 0.15) is 5.56 Å². The van der Waals surface area contributed by atoms with E-state index in [4.69, 9.17) is 23.1 Å². The fourth-order valence-electron chi connectivity index (χ4n) is 1.91. The summed E-state index contributed by atoms with van der Waals surface area (Å²) in [6, 6.07) is 5.41. The number of nitrogen functional groups attached to an aromatic ring is 2. The van der Waals surface area contributed by atoms with E-state index in [9.17, 15) is 0 Å². The highest BCUT2D eigenvalue weighted by molar-refractivity contribution is 6.30. The number of hydrogen-bond acceptors (Lipinski definition) is 5. The monoisotopic (exact) mass is 274 g/mol. The molecule has 7 heteroatoms. The highest BCUT2D eigenvalue weighted by Crippen LogP contribution is 2.21. The van der Waals surface area contributed by atoms with Gasteiger partial charge in [-0.2, -0.15) is 0 Å². The molecule has 1 aromatic carbocycles. The molecule has 0 amide bonds. The van der Waals surface area contributed by atoms with Gasteiger partial charge < -0.3 is 16.0 Å². The molecule has 19 heavy (non-hydrogen) atoms. The number of aromatic nitrogens is 4. The van der Waals surface area contributed by atoms with Crippen molar-refractivity contribution in [3.63, 3.8) is 0 Å². The smallest absolute Gasteiger partial charge is 0.165 e. The Morgan fingerprint density at radius 1 is 1.16 bits per heavy atom. The van der Waals surface area contributed by atoms with Crippen LogP contribution in [0, 0.1) is 0 Å². The average molecular weight is 275 g/mol. The minimum absolute atomic E-state index is 0.368. The first-order chi connectivity index (χ1) is 9.15. The van der Waals surface area contributed by atoms with E-state index in [1.807, 2.05) is 10.6 Å². The Hall–Kier alpha value is -2.34. The van der Waals surface area contributed by atoms with Crippen LogP contribution in [0.4, 0.5) is 11.5 Å². The van der Waals surface area contributed by atoms with Crippen molar-refractivity contribution < 1.29 is 0 Å². The zero-order valence-corrected chi connectivity index (χ0v) is 10.7. The van der Waals surface area contributed by atoms with Crippen LogP contribution in [0.5, 0.6) is 0 Å². The van der Waals surface area contributed by atoms with E-state index in [0.29, 0.717) is 34.2 Å². The lowest BCUT2D eigenvalue weighted by molar-refractivity contribution is 0.815. The summed E-state index contributed by atoms with van der Waals surface area (Å²) in [6.45, 7) is 0.552. The summed E-state index contributed by atoms with van der Waals surface area (Å²) in [7, 11) is 0. The standard InChI is InChI=1S/C12H11ClN6/c13-8-2-1-7(9(14)3-8)4-19-6-18-10-11(15)16-5-17-12(10)19/h1-3,5-6H,4,14H2,(H2,15,16,17). The molecule has 2 heterocycles. The molecule has 0 aliphatic rings. The molecule has 0 aliphatic heterocycles. The van der Waals surface area contributed by atoms with Gasteiger partial charge in [-0.25, -0.2) is 15.0 Å². The van der Waals surface area contributed by atoms with Crippen LogP contribution < -0.4 is 11.5 Å². The summed E-state index contributed by atoms with van der Waals surface area (Å²) in [5.41, 5.74) is 14.5. The third-order valence-corrected chi connectivity index (χ3v) is 3.11. The molecule has 0 saturated heterocycles. The molecule has 0 fully saturated rings. The first kappa shape index (κ1) is 11.7. The van der Waals surface area contributed by atoms with Gasteiger partial charge in [-0.1, -0.05) is 17.7 Å². The van der Waals surface area contributed by atoms with Crippen molar-refractivity contribution in [3.8, 4) is 0 Å². The van der Waals surface area contributed by atoms with Gasteiger partial charge in [0.05, 0.1) is 12.9 Å². The van der Waals surface area contributed by atoms with Gasteiger partial charge in [0.25, 0.3) is 0 Å². The van der Waals surface area contributed by atoms with Crippen molar-refractivity contribution in [2.45, 2.75) is 6.54 Å². The summed E-state index contributed by atoms with van der Waals surface area (Å²) < 4.78 is 1.87. The van der Waals surface area contributed by atoms with Gasteiger partial charge in [-0.05, 0) is 17.7 Å². The fraction of sp³-hybridized carbons (Fsp3) is 0.0833. The molecule has 0 aliphatic carbocycles. The predicted octanol–water partition coefficient (Wildman–Crippen LogP) is 1.69. The third-order valence-electron chi connectivity index (χ3n) is 2.88. The zero-order chi connectivity index (χ0) is 13.4. The van der Waals surface area contributed by atoms with Gasteiger partial charge in [0.1, 0.15) is 11.8 Å². The highest BCUT2D eigenvalue weighted by atomic mass is 35.5. The normalized spacial score (nSPS) is 11.0. The average Bonchev–Trinajstić information content (AvgIpc) is 2.78. The van der Waals surface area contributed by atoms with Gasteiger partial charge in [0.15, 0.2) is 11.5 Å². The first-order valence-electron chi connectivity index (χ1n) is 5.60. The quantitative estimate of drug-likeness (QED) is 0.693. The summed E-state index contributed by atoms with van der Waals surface area (Å²) in [4.78, 5) is 12.3. The van der Waals surface area contributed by atoms with Crippen LogP contribution in [0.25, 0.3) is 11.2 Å². The Kier molecular flexibility index (Phi) is 2.72. The van der Waals surface area contributed by atoms with Gasteiger partial charge in [-0.3, -0.25) is 0 Å². The molecule has 3 aromatic rings. The number of nitrogens with zero attached hydrogens (tertiary/aromatic N) is 4. The molecular weight excluding hydrogens is 264 g/mol. The van der Waals surface area contributed by atoms with Crippen LogP contribution >= 0.6 is 11.6 Å². The number of nitrogens with two attached hydrogens (primary N) is 2. The second-order valence-corrected chi connectivity index (χ2v) is 4.58. The number of rotatable bonds is 2. The molecule has 0 atom stereocenters. The number of benzene rings is 1. The number of hydrogen-bond donors (Lipinski definition) is 2. The molecule has 0 radical (unpaired) electrons. The van der Waals surface area contributed by atoms with E-state index in [1.54, 1.807) is 18.5 Å². The SMILES string of the molecule is Nc1cc(Cl)ccc1Cn1cnc2c(N)ncnc21. The summed E-state index contributed by atoms with van der Waals surface area (Å²) in [5.74, 6) is 0.368. The first-order valence-corrected chi connectivity index (χ1v) is 5.98. The maximum absolute atomic E-state index is 5.94. The van der Waals surface area contributed by atoms with Crippen LogP contribution in [0.2, 0.25) is 5.02 Å². The third kappa shape index (κ3) is 2.06. The number of halogens is 1. The predicted molar refractivity (Wildman–Crippen MR) is 74.7 cm³/mol. The molecule has 3 rings (SSSR count). The molecule has 0 saturated carbocycles. The van der Waals surface area contributed by atoms with E-state index in [-0.39, 0.29) is 0 Å². The van der Waals surface area contributed by atoms with Crippen LogP contribution in [-0.2, 0) is 6.54 Å². The van der Waals surface area contributed by atoms with E-state index < -0.39 is 0 Å². The van der Waals surface area contributed by atoms with E-state index in [2.05, 4.69) is 15.0 Å². The Bertz CT molecular complexity index is 751. The molecule has 6 nitrogen and oxygen atoms in total. The number of fused-ring (bicyclic) bond motifs is 1. The number of anilines is 2. The minimum atomic E-state index is 0.368. The lowest BCUT2D eigenvalue weighted by atomic mass is 10.2. The van der Waals surface area contributed by atoms with Crippen LogP contribution in [-0.4, -0.2) is 19.5 Å². The second kappa shape index (κ2) is 4.40. The number of imidazole rings is 1. The molecule has 96 valence electrons. The summed E-state index contributed by atoms with van der Waals surface area (Å²) in [6.07, 6.45) is 3.09. The van der Waals surface area contributed by atoms with Crippen molar-refractivity contribution in [2.24, 2.45) is 0 Å². The molecular formula is C12H11ClN6. The molecule has 2 aromatic heterocycles. The Balaban J connectivity index is 2.04. The van der Waals surface area contributed by atoms with Gasteiger partial charge >= 0.3 is 0 Å². The zero-order valence-electron chi connectivity index (χ0n) is 9.92. The van der Waals surface area contributed by atoms with Crippen molar-refractivity contribution in [3.05, 3.63) is 41.4 Å². The minimum Gasteiger partial charge on any atom is -0.398 e. The topological polar surface area (TPSA) is 95.6 Å². The lowest BCUT2D eigenvalue weighted by Crippen LogP contribution is -2.03. The largest absolute Gasteiger partial charge is 0.398 e. The van der Waals surface area contributed by atoms with Crippen LogP contribution in [0.15, 0.2) is 30.9 Å². The van der Waals surface area contributed by atoms with Crippen molar-refractivity contribution >= 4 is 34.3 Å². The Labute approximate surface area is 114 Å². The van der Waals surface area contributed by atoms with E-state index >= 15 is 0 Å². The fourth-order valence-corrected chi connectivity index (χ4v) is 2.09. The van der Waals surface area contributed by atoms with E-state index in [0.717, 1.165) is 5.56 Å². The lowest BCUT2D eigenvalue weighted by Gasteiger charge is -2.07. The molecule has 0 bridgehead atoms. The van der Waals surface area contributed by atoms with E-state index in [1.165, 1.54) is 6.33 Å². The Morgan fingerprint density at radius 3 is 2.79 bits per heavy atom. The maximum Gasteiger partial charge on any atom is 0.165 e. The molecule has 4 N–H and O–H groups in total. The maximum atomic E-state index is 5.94. The second-order valence-electron chi connectivity index (χ2n) is 4.15. The molecule has 0 spiro atoms. The van der Waals surface area contributed by atoms with Gasteiger partial charge in [0, 0.05) is 10.7 Å². The van der Waals surface area contributed by atoms with Gasteiger partial charge in [-0.15, -0.1) is 0 Å².